The molecule has 0 aliphatic rings. The molecule has 0 heterocycles. The molecular formula is C12H19NO4S. The average molecular weight is 273 g/mol. The molecule has 0 fully saturated rings. The third-order valence-electron chi connectivity index (χ3n) is 2.58. The minimum Gasteiger partial charge on any atom is -0.493 e. The minimum atomic E-state index is -3.23. The van der Waals surface area contributed by atoms with Gasteiger partial charge in [-0.3, -0.25) is 0 Å². The fourth-order valence-corrected chi connectivity index (χ4v) is 1.94. The summed E-state index contributed by atoms with van der Waals surface area (Å²) >= 11 is 0. The molecule has 3 N–H and O–H groups in total. The van der Waals surface area contributed by atoms with Gasteiger partial charge in [0, 0.05) is 19.2 Å². The Balaban J connectivity index is 2.64. The minimum absolute atomic E-state index is 0.153. The van der Waals surface area contributed by atoms with Gasteiger partial charge in [0.2, 0.25) is 0 Å². The van der Waals surface area contributed by atoms with Crippen molar-refractivity contribution in [2.75, 3.05) is 19.4 Å². The van der Waals surface area contributed by atoms with Crippen molar-refractivity contribution in [3.8, 4) is 5.75 Å². The second kappa shape index (κ2) is 5.69. The number of ether oxygens (including phenoxy) is 1. The summed E-state index contributed by atoms with van der Waals surface area (Å²) in [4.78, 5) is 0.214. The molecule has 0 amide bonds. The van der Waals surface area contributed by atoms with Gasteiger partial charge in [-0.05, 0) is 25.1 Å². The van der Waals surface area contributed by atoms with E-state index < -0.39 is 15.4 Å². The number of sulfone groups is 1. The van der Waals surface area contributed by atoms with Crippen LogP contribution in [0.4, 0.5) is 0 Å². The highest BCUT2D eigenvalue weighted by Crippen LogP contribution is 2.18. The lowest BCUT2D eigenvalue weighted by atomic mass is 10.0. The van der Waals surface area contributed by atoms with E-state index in [1.54, 1.807) is 19.1 Å². The summed E-state index contributed by atoms with van der Waals surface area (Å²) < 4.78 is 28.1. The number of aliphatic hydroxyl groups is 1. The average Bonchev–Trinajstić information content (AvgIpc) is 2.28. The lowest BCUT2D eigenvalue weighted by Crippen LogP contribution is -2.35. The van der Waals surface area contributed by atoms with Crippen molar-refractivity contribution < 1.29 is 18.3 Å². The summed E-state index contributed by atoms with van der Waals surface area (Å²) in [5.41, 5.74) is 4.42. The zero-order valence-electron chi connectivity index (χ0n) is 10.6. The van der Waals surface area contributed by atoms with Crippen molar-refractivity contribution in [2.45, 2.75) is 23.8 Å². The van der Waals surface area contributed by atoms with Gasteiger partial charge in [0.25, 0.3) is 0 Å². The Hall–Kier alpha value is -1.11. The van der Waals surface area contributed by atoms with Gasteiger partial charge < -0.3 is 15.6 Å². The van der Waals surface area contributed by atoms with E-state index in [1.807, 2.05) is 0 Å². The lowest BCUT2D eigenvalue weighted by Gasteiger charge is -2.20. The Labute approximate surface area is 107 Å². The van der Waals surface area contributed by atoms with Crippen LogP contribution in [0.3, 0.4) is 0 Å². The highest BCUT2D eigenvalue weighted by Gasteiger charge is 2.17. The highest BCUT2D eigenvalue weighted by molar-refractivity contribution is 7.90. The van der Waals surface area contributed by atoms with Gasteiger partial charge in [0.15, 0.2) is 9.84 Å². The Morgan fingerprint density at radius 3 is 2.67 bits per heavy atom. The predicted octanol–water partition coefficient (Wildman–Crippen LogP) is 0.569. The standard InChI is InChI=1S/C12H19NO4S/c1-12(14,9-13)6-7-17-10-4-3-5-11(8-10)18(2,15)16/h3-5,8,14H,6-7,9,13H2,1-2H3. The van der Waals surface area contributed by atoms with Crippen LogP contribution in [0, 0.1) is 0 Å². The quantitative estimate of drug-likeness (QED) is 0.791. The van der Waals surface area contributed by atoms with E-state index in [4.69, 9.17) is 10.5 Å². The van der Waals surface area contributed by atoms with Gasteiger partial charge in [0.1, 0.15) is 5.75 Å². The Morgan fingerprint density at radius 2 is 2.11 bits per heavy atom. The lowest BCUT2D eigenvalue weighted by molar-refractivity contribution is 0.0453. The Bertz CT molecular complexity index is 497. The molecule has 0 aliphatic carbocycles. The number of hydrogen-bond acceptors (Lipinski definition) is 5. The molecule has 1 rings (SSSR count). The fourth-order valence-electron chi connectivity index (χ4n) is 1.29. The van der Waals surface area contributed by atoms with Gasteiger partial charge in [0.05, 0.1) is 17.1 Å². The van der Waals surface area contributed by atoms with Crippen LogP contribution in [0.5, 0.6) is 5.75 Å². The summed E-state index contributed by atoms with van der Waals surface area (Å²) in [6.07, 6.45) is 1.53. The van der Waals surface area contributed by atoms with Crippen molar-refractivity contribution in [3.63, 3.8) is 0 Å². The first kappa shape index (κ1) is 14.9. The molecule has 1 atom stereocenters. The molecule has 5 nitrogen and oxygen atoms in total. The molecule has 102 valence electrons. The molecule has 0 aromatic heterocycles. The first-order valence-electron chi connectivity index (χ1n) is 5.60. The maximum Gasteiger partial charge on any atom is 0.175 e. The van der Waals surface area contributed by atoms with Crippen LogP contribution in [-0.2, 0) is 9.84 Å². The molecule has 0 radical (unpaired) electrons. The predicted molar refractivity (Wildman–Crippen MR) is 69.3 cm³/mol. The Morgan fingerprint density at radius 1 is 1.44 bits per heavy atom. The summed E-state index contributed by atoms with van der Waals surface area (Å²) in [6, 6.07) is 6.27. The second-order valence-corrected chi connectivity index (χ2v) is 6.56. The molecule has 1 aromatic rings. The number of nitrogens with two attached hydrogens (primary N) is 1. The maximum atomic E-state index is 11.4. The molecule has 0 saturated heterocycles. The SMILES string of the molecule is CC(O)(CN)CCOc1cccc(S(C)(=O)=O)c1. The third kappa shape index (κ3) is 4.64. The fraction of sp³-hybridized carbons (Fsp3) is 0.500. The van der Waals surface area contributed by atoms with Crippen LogP contribution in [0.15, 0.2) is 29.2 Å². The van der Waals surface area contributed by atoms with Crippen LogP contribution in [-0.4, -0.2) is 38.5 Å². The van der Waals surface area contributed by atoms with Gasteiger partial charge in [-0.2, -0.15) is 0 Å². The second-order valence-electron chi connectivity index (χ2n) is 4.55. The van der Waals surface area contributed by atoms with Crippen molar-refractivity contribution in [1.82, 2.24) is 0 Å². The van der Waals surface area contributed by atoms with E-state index in [-0.39, 0.29) is 18.0 Å². The van der Waals surface area contributed by atoms with Crippen LogP contribution < -0.4 is 10.5 Å². The Kier molecular flexibility index (Phi) is 4.72. The van der Waals surface area contributed by atoms with Crippen LogP contribution in [0.1, 0.15) is 13.3 Å². The first-order valence-corrected chi connectivity index (χ1v) is 7.49. The summed E-state index contributed by atoms with van der Waals surface area (Å²) in [6.45, 7) is 2.06. The van der Waals surface area contributed by atoms with Crippen molar-refractivity contribution >= 4 is 9.84 Å². The summed E-state index contributed by atoms with van der Waals surface area (Å²) in [5, 5.41) is 9.68. The van der Waals surface area contributed by atoms with Gasteiger partial charge >= 0.3 is 0 Å². The van der Waals surface area contributed by atoms with Gasteiger partial charge in [-0.1, -0.05) is 6.07 Å². The zero-order chi connectivity index (χ0) is 13.8. The maximum absolute atomic E-state index is 11.4. The molecule has 0 spiro atoms. The van der Waals surface area contributed by atoms with Crippen LogP contribution in [0.25, 0.3) is 0 Å². The van der Waals surface area contributed by atoms with Crippen LogP contribution in [0.2, 0.25) is 0 Å². The van der Waals surface area contributed by atoms with Crippen molar-refractivity contribution in [3.05, 3.63) is 24.3 Å². The molecule has 18 heavy (non-hydrogen) atoms. The molecule has 0 aliphatic heterocycles. The largest absolute Gasteiger partial charge is 0.493 e. The van der Waals surface area contributed by atoms with Crippen LogP contribution >= 0.6 is 0 Å². The van der Waals surface area contributed by atoms with Crippen molar-refractivity contribution in [1.29, 1.82) is 0 Å². The number of benzene rings is 1. The highest BCUT2D eigenvalue weighted by atomic mass is 32.2. The zero-order valence-corrected chi connectivity index (χ0v) is 11.4. The number of hydrogen-bond donors (Lipinski definition) is 2. The third-order valence-corrected chi connectivity index (χ3v) is 3.69. The van der Waals surface area contributed by atoms with E-state index in [1.165, 1.54) is 12.1 Å². The van der Waals surface area contributed by atoms with E-state index >= 15 is 0 Å². The first-order chi connectivity index (χ1) is 8.24. The van der Waals surface area contributed by atoms with Gasteiger partial charge in [-0.15, -0.1) is 0 Å². The smallest absolute Gasteiger partial charge is 0.175 e. The molecule has 6 heteroatoms. The molecule has 1 aromatic carbocycles. The normalized spacial score (nSPS) is 15.1. The molecule has 0 saturated carbocycles. The molecule has 0 bridgehead atoms. The molecular weight excluding hydrogens is 254 g/mol. The van der Waals surface area contributed by atoms with Gasteiger partial charge in [-0.25, -0.2) is 8.42 Å². The van der Waals surface area contributed by atoms with E-state index in [2.05, 4.69) is 0 Å². The van der Waals surface area contributed by atoms with E-state index in [9.17, 15) is 13.5 Å². The monoisotopic (exact) mass is 273 g/mol. The topological polar surface area (TPSA) is 89.6 Å². The van der Waals surface area contributed by atoms with E-state index in [0.717, 1.165) is 6.26 Å². The van der Waals surface area contributed by atoms with Crippen molar-refractivity contribution in [2.24, 2.45) is 5.73 Å². The van der Waals surface area contributed by atoms with E-state index in [0.29, 0.717) is 12.2 Å². The molecule has 1 unspecified atom stereocenters. The number of rotatable bonds is 6. The summed E-state index contributed by atoms with van der Waals surface area (Å²) in [7, 11) is -3.23. The summed E-state index contributed by atoms with van der Waals surface area (Å²) in [5.74, 6) is 0.464.